The van der Waals surface area contributed by atoms with E-state index in [0.717, 1.165) is 25.7 Å². The van der Waals surface area contributed by atoms with E-state index < -0.39 is 5.60 Å². The van der Waals surface area contributed by atoms with Crippen LogP contribution in [-0.4, -0.2) is 5.60 Å². The fraction of sp³-hybridized carbons (Fsp3) is 0.350. The molecule has 5 rings (SSSR count). The lowest BCUT2D eigenvalue weighted by atomic mass is 9.78. The predicted molar refractivity (Wildman–Crippen MR) is 101 cm³/mol. The van der Waals surface area contributed by atoms with Crippen LogP contribution in [0.2, 0.25) is 5.02 Å². The molecule has 2 aromatic rings. The molecule has 1 aliphatic carbocycles. The summed E-state index contributed by atoms with van der Waals surface area (Å²) in [5, 5.41) is 3.20. The van der Waals surface area contributed by atoms with E-state index in [1.807, 2.05) is 0 Å². The molecular formula is C20H17ClO3S. The van der Waals surface area contributed by atoms with Crippen LogP contribution in [0.4, 0.5) is 0 Å². The van der Waals surface area contributed by atoms with Crippen LogP contribution in [0.1, 0.15) is 36.7 Å². The standard InChI is InChI=1S/C20H17ClO3S/c21-12-5-6-15-13(11-12)16(22)17-18(23-15)19-14(7-10-25-19)20(24-17)8-3-1-2-4-9-20/h3,5-8,10-11,14,19H,1-2,4,9H2. The number of allylic oxidation sites excluding steroid dienone is 1. The average Bonchev–Trinajstić information content (AvgIpc) is 3.00. The van der Waals surface area contributed by atoms with Gasteiger partial charge in [0.15, 0.2) is 5.76 Å². The summed E-state index contributed by atoms with van der Waals surface area (Å²) in [5.41, 5.74) is -0.00757. The molecule has 0 fully saturated rings. The molecule has 1 aromatic carbocycles. The van der Waals surface area contributed by atoms with Gasteiger partial charge in [0.05, 0.1) is 10.6 Å². The van der Waals surface area contributed by atoms with Gasteiger partial charge >= 0.3 is 0 Å². The second-order valence-electron chi connectivity index (χ2n) is 6.88. The monoisotopic (exact) mass is 372 g/mol. The van der Waals surface area contributed by atoms with Crippen molar-refractivity contribution >= 4 is 34.3 Å². The normalized spacial score (nSPS) is 30.1. The summed E-state index contributed by atoms with van der Waals surface area (Å²) < 4.78 is 12.6. The molecule has 3 nitrogen and oxygen atoms in total. The van der Waals surface area contributed by atoms with Gasteiger partial charge in [-0.3, -0.25) is 4.79 Å². The second kappa shape index (κ2) is 5.68. The Morgan fingerprint density at radius 1 is 1.28 bits per heavy atom. The quantitative estimate of drug-likeness (QED) is 0.562. The maximum atomic E-state index is 13.1. The summed E-state index contributed by atoms with van der Waals surface area (Å²) in [5.74, 6) is 1.20. The molecule has 0 N–H and O–H groups in total. The van der Waals surface area contributed by atoms with E-state index in [1.165, 1.54) is 0 Å². The van der Waals surface area contributed by atoms with E-state index in [1.54, 1.807) is 30.0 Å². The Balaban J connectivity index is 1.76. The molecule has 25 heavy (non-hydrogen) atoms. The van der Waals surface area contributed by atoms with Crippen molar-refractivity contribution in [2.24, 2.45) is 5.92 Å². The molecule has 3 aliphatic rings. The number of benzene rings is 1. The van der Waals surface area contributed by atoms with Crippen LogP contribution in [0.25, 0.3) is 11.0 Å². The minimum atomic E-state index is -0.449. The van der Waals surface area contributed by atoms with E-state index in [-0.39, 0.29) is 16.6 Å². The second-order valence-corrected chi connectivity index (χ2v) is 8.37. The third kappa shape index (κ3) is 2.31. The smallest absolute Gasteiger partial charge is 0.234 e. The highest BCUT2D eigenvalue weighted by Crippen LogP contribution is 2.56. The molecule has 128 valence electrons. The zero-order valence-corrected chi connectivity index (χ0v) is 15.1. The van der Waals surface area contributed by atoms with Crippen LogP contribution in [0.3, 0.4) is 0 Å². The van der Waals surface area contributed by atoms with Gasteiger partial charge in [-0.2, -0.15) is 0 Å². The van der Waals surface area contributed by atoms with Crippen LogP contribution < -0.4 is 10.2 Å². The van der Waals surface area contributed by atoms with E-state index in [2.05, 4.69) is 23.6 Å². The van der Waals surface area contributed by atoms with Crippen molar-refractivity contribution in [1.82, 2.24) is 0 Å². The number of hydrogen-bond acceptors (Lipinski definition) is 4. The van der Waals surface area contributed by atoms with E-state index in [9.17, 15) is 4.79 Å². The summed E-state index contributed by atoms with van der Waals surface area (Å²) in [7, 11) is 0. The zero-order valence-electron chi connectivity index (χ0n) is 13.5. The SMILES string of the molecule is O=c1c2c(oc3ccc(Cl)cc13)C1SC=CC1C1(C=CCCCC1)O2. The van der Waals surface area contributed by atoms with Gasteiger partial charge in [-0.15, -0.1) is 11.8 Å². The highest BCUT2D eigenvalue weighted by molar-refractivity contribution is 8.02. The van der Waals surface area contributed by atoms with E-state index in [0.29, 0.717) is 27.5 Å². The van der Waals surface area contributed by atoms with Crippen molar-refractivity contribution in [3.05, 3.63) is 62.8 Å². The molecule has 0 saturated carbocycles. The first kappa shape index (κ1) is 15.6. The van der Waals surface area contributed by atoms with Gasteiger partial charge in [0.2, 0.25) is 11.2 Å². The molecule has 1 spiro atoms. The molecule has 3 unspecified atom stereocenters. The Morgan fingerprint density at radius 2 is 2.20 bits per heavy atom. The average molecular weight is 373 g/mol. The molecule has 0 bridgehead atoms. The summed E-state index contributed by atoms with van der Waals surface area (Å²) in [6, 6.07) is 5.17. The van der Waals surface area contributed by atoms with Gasteiger partial charge in [0, 0.05) is 10.9 Å². The molecule has 0 amide bonds. The summed E-state index contributed by atoms with van der Waals surface area (Å²) in [6.07, 6.45) is 10.8. The Hall–Kier alpha value is -1.65. The topological polar surface area (TPSA) is 39.4 Å². The Labute approximate surface area is 154 Å². The molecule has 5 heteroatoms. The van der Waals surface area contributed by atoms with Crippen molar-refractivity contribution in [1.29, 1.82) is 0 Å². The van der Waals surface area contributed by atoms with Gasteiger partial charge in [0.1, 0.15) is 11.2 Å². The molecule has 0 saturated heterocycles. The zero-order chi connectivity index (χ0) is 17.0. The number of fused-ring (bicyclic) bond motifs is 5. The van der Waals surface area contributed by atoms with Crippen LogP contribution in [0.15, 0.2) is 51.0 Å². The Kier molecular flexibility index (Phi) is 3.54. The molecular weight excluding hydrogens is 356 g/mol. The molecule has 2 aliphatic heterocycles. The third-order valence-corrected chi connectivity index (χ3v) is 6.73. The van der Waals surface area contributed by atoms with Gasteiger partial charge < -0.3 is 9.15 Å². The minimum absolute atomic E-state index is 0.0827. The van der Waals surface area contributed by atoms with Crippen molar-refractivity contribution in [2.45, 2.75) is 36.5 Å². The molecule has 3 heterocycles. The van der Waals surface area contributed by atoms with Gasteiger partial charge in [-0.1, -0.05) is 23.8 Å². The number of rotatable bonds is 0. The van der Waals surface area contributed by atoms with Crippen molar-refractivity contribution in [3.8, 4) is 5.75 Å². The lowest BCUT2D eigenvalue weighted by molar-refractivity contribution is 0.0395. The minimum Gasteiger partial charge on any atom is -0.475 e. The maximum Gasteiger partial charge on any atom is 0.234 e. The van der Waals surface area contributed by atoms with E-state index >= 15 is 0 Å². The van der Waals surface area contributed by atoms with Gasteiger partial charge in [-0.05, 0) is 55.4 Å². The fourth-order valence-corrected chi connectivity index (χ4v) is 5.52. The molecule has 0 radical (unpaired) electrons. The third-order valence-electron chi connectivity index (χ3n) is 5.38. The van der Waals surface area contributed by atoms with Gasteiger partial charge in [0.25, 0.3) is 0 Å². The molecule has 3 atom stereocenters. The lowest BCUT2D eigenvalue weighted by Crippen LogP contribution is -2.46. The number of halogens is 1. The van der Waals surface area contributed by atoms with Crippen molar-refractivity contribution in [2.75, 3.05) is 0 Å². The number of hydrogen-bond donors (Lipinski definition) is 0. The molecule has 1 aromatic heterocycles. The Morgan fingerprint density at radius 3 is 3.12 bits per heavy atom. The maximum absolute atomic E-state index is 13.1. The first-order chi connectivity index (χ1) is 12.2. The van der Waals surface area contributed by atoms with Crippen LogP contribution in [0.5, 0.6) is 5.75 Å². The summed E-state index contributed by atoms with van der Waals surface area (Å²) in [6.45, 7) is 0. The van der Waals surface area contributed by atoms with Crippen LogP contribution in [-0.2, 0) is 0 Å². The highest BCUT2D eigenvalue weighted by Gasteiger charge is 2.51. The van der Waals surface area contributed by atoms with Gasteiger partial charge in [-0.25, -0.2) is 0 Å². The predicted octanol–water partition coefficient (Wildman–Crippen LogP) is 5.63. The number of ether oxygens (including phenoxy) is 1. The highest BCUT2D eigenvalue weighted by atomic mass is 35.5. The van der Waals surface area contributed by atoms with Crippen LogP contribution in [0, 0.1) is 5.92 Å². The van der Waals surface area contributed by atoms with Crippen LogP contribution >= 0.6 is 23.4 Å². The summed E-state index contributed by atoms with van der Waals surface area (Å²) >= 11 is 7.79. The Bertz CT molecular complexity index is 977. The summed E-state index contributed by atoms with van der Waals surface area (Å²) in [4.78, 5) is 13.1. The van der Waals surface area contributed by atoms with Crippen molar-refractivity contribution in [3.63, 3.8) is 0 Å². The number of thioether (sulfide) groups is 1. The van der Waals surface area contributed by atoms with Crippen molar-refractivity contribution < 1.29 is 9.15 Å². The lowest BCUT2D eigenvalue weighted by Gasteiger charge is -2.42. The largest absolute Gasteiger partial charge is 0.475 e. The van der Waals surface area contributed by atoms with E-state index in [4.69, 9.17) is 20.8 Å². The fourth-order valence-electron chi connectivity index (χ4n) is 4.15. The first-order valence-corrected chi connectivity index (χ1v) is 9.95. The first-order valence-electron chi connectivity index (χ1n) is 8.63.